The first-order chi connectivity index (χ1) is 7.27. The molecule has 0 radical (unpaired) electrons. The SMILES string of the molecule is COC1NC(C)C(C(=O)C(C)(C)C)NC1C. The van der Waals surface area contributed by atoms with Crippen molar-refractivity contribution < 1.29 is 9.53 Å². The molecule has 1 saturated heterocycles. The summed E-state index contributed by atoms with van der Waals surface area (Å²) in [5.74, 6) is 0.244. The molecule has 0 aliphatic carbocycles. The van der Waals surface area contributed by atoms with E-state index < -0.39 is 0 Å². The van der Waals surface area contributed by atoms with Gasteiger partial charge in [-0.15, -0.1) is 0 Å². The molecular weight excluding hydrogens is 204 g/mol. The highest BCUT2D eigenvalue weighted by Gasteiger charge is 2.39. The van der Waals surface area contributed by atoms with Crippen LogP contribution >= 0.6 is 0 Å². The number of ether oxygens (including phenoxy) is 1. The lowest BCUT2D eigenvalue weighted by molar-refractivity contribution is -0.131. The van der Waals surface area contributed by atoms with E-state index in [1.54, 1.807) is 7.11 Å². The largest absolute Gasteiger partial charge is 0.365 e. The first kappa shape index (κ1) is 13.6. The summed E-state index contributed by atoms with van der Waals surface area (Å²) in [6.45, 7) is 9.90. The Morgan fingerprint density at radius 3 is 2.12 bits per heavy atom. The predicted molar refractivity (Wildman–Crippen MR) is 64.2 cm³/mol. The second kappa shape index (κ2) is 4.82. The van der Waals surface area contributed by atoms with E-state index >= 15 is 0 Å². The van der Waals surface area contributed by atoms with Crippen LogP contribution in [0.3, 0.4) is 0 Å². The number of hydrogen-bond acceptors (Lipinski definition) is 4. The van der Waals surface area contributed by atoms with E-state index in [2.05, 4.69) is 10.6 Å². The van der Waals surface area contributed by atoms with Crippen molar-refractivity contribution in [1.29, 1.82) is 0 Å². The van der Waals surface area contributed by atoms with E-state index in [9.17, 15) is 4.79 Å². The van der Waals surface area contributed by atoms with E-state index in [0.29, 0.717) is 0 Å². The number of rotatable bonds is 2. The second-order valence-electron chi connectivity index (χ2n) is 5.66. The summed E-state index contributed by atoms with van der Waals surface area (Å²) in [6.07, 6.45) is -0.0287. The average molecular weight is 228 g/mol. The number of carbonyl (C=O) groups is 1. The lowest BCUT2D eigenvalue weighted by atomic mass is 9.83. The fourth-order valence-corrected chi connectivity index (χ4v) is 2.06. The molecule has 4 unspecified atom stereocenters. The molecule has 0 amide bonds. The van der Waals surface area contributed by atoms with Crippen LogP contribution in [-0.2, 0) is 9.53 Å². The van der Waals surface area contributed by atoms with Crippen molar-refractivity contribution in [3.05, 3.63) is 0 Å². The Bertz CT molecular complexity index is 260. The van der Waals surface area contributed by atoms with Crippen molar-refractivity contribution in [3.63, 3.8) is 0 Å². The van der Waals surface area contributed by atoms with Crippen LogP contribution in [0.5, 0.6) is 0 Å². The van der Waals surface area contributed by atoms with Gasteiger partial charge in [-0.1, -0.05) is 20.8 Å². The van der Waals surface area contributed by atoms with Gasteiger partial charge < -0.3 is 4.74 Å². The van der Waals surface area contributed by atoms with Gasteiger partial charge in [0.25, 0.3) is 0 Å². The fraction of sp³-hybridized carbons (Fsp3) is 0.917. The molecular formula is C12H24N2O2. The quantitative estimate of drug-likeness (QED) is 0.737. The Labute approximate surface area is 98.1 Å². The highest BCUT2D eigenvalue weighted by Crippen LogP contribution is 2.21. The lowest BCUT2D eigenvalue weighted by Crippen LogP contribution is -2.68. The number of Topliss-reactive ketones (excluding diaryl/α,β-unsaturated/α-hetero) is 1. The average Bonchev–Trinajstić information content (AvgIpc) is 2.18. The van der Waals surface area contributed by atoms with Crippen LogP contribution in [0, 0.1) is 5.41 Å². The predicted octanol–water partition coefficient (Wildman–Crippen LogP) is 0.912. The van der Waals surface area contributed by atoms with E-state index in [4.69, 9.17) is 4.74 Å². The van der Waals surface area contributed by atoms with Crippen LogP contribution in [-0.4, -0.2) is 37.2 Å². The van der Waals surface area contributed by atoms with Crippen LogP contribution in [0.4, 0.5) is 0 Å². The fourth-order valence-electron chi connectivity index (χ4n) is 2.06. The minimum Gasteiger partial charge on any atom is -0.365 e. The zero-order chi connectivity index (χ0) is 12.5. The van der Waals surface area contributed by atoms with Crippen molar-refractivity contribution in [2.75, 3.05) is 7.11 Å². The van der Waals surface area contributed by atoms with Crippen LogP contribution in [0.2, 0.25) is 0 Å². The van der Waals surface area contributed by atoms with E-state index in [0.717, 1.165) is 0 Å². The number of ketones is 1. The third-order valence-electron chi connectivity index (χ3n) is 3.10. The third kappa shape index (κ3) is 2.81. The first-order valence-electron chi connectivity index (χ1n) is 5.86. The maximum absolute atomic E-state index is 12.2. The molecule has 0 saturated carbocycles. The molecule has 0 spiro atoms. The Morgan fingerprint density at radius 2 is 1.69 bits per heavy atom. The normalized spacial score (nSPS) is 36.1. The van der Waals surface area contributed by atoms with Gasteiger partial charge in [0, 0.05) is 24.6 Å². The Kier molecular flexibility index (Phi) is 4.10. The number of hydrogen-bond donors (Lipinski definition) is 2. The minimum absolute atomic E-state index is 0.0287. The van der Waals surface area contributed by atoms with Gasteiger partial charge in [-0.05, 0) is 13.8 Å². The highest BCUT2D eigenvalue weighted by atomic mass is 16.5. The second-order valence-corrected chi connectivity index (χ2v) is 5.66. The summed E-state index contributed by atoms with van der Waals surface area (Å²) in [4.78, 5) is 12.2. The van der Waals surface area contributed by atoms with Crippen molar-refractivity contribution >= 4 is 5.78 Å². The molecule has 0 bridgehead atoms. The van der Waals surface area contributed by atoms with Crippen molar-refractivity contribution in [2.45, 2.75) is 59.0 Å². The topological polar surface area (TPSA) is 50.4 Å². The zero-order valence-electron chi connectivity index (χ0n) is 11.1. The number of nitrogens with one attached hydrogen (secondary N) is 2. The summed E-state index contributed by atoms with van der Waals surface area (Å²) in [6, 6.07) is 0.0896. The standard InChI is InChI=1S/C12H24N2O2/c1-7-9(10(15)12(3,4)5)13-8(2)11(14-7)16-6/h7-9,11,13-14H,1-6H3. The smallest absolute Gasteiger partial charge is 0.156 e. The molecule has 94 valence electrons. The molecule has 16 heavy (non-hydrogen) atoms. The van der Waals surface area contributed by atoms with Gasteiger partial charge >= 0.3 is 0 Å². The van der Waals surface area contributed by atoms with Crippen molar-refractivity contribution in [3.8, 4) is 0 Å². The molecule has 4 atom stereocenters. The Morgan fingerprint density at radius 1 is 1.12 bits per heavy atom. The molecule has 1 aliphatic rings. The van der Waals surface area contributed by atoms with Crippen molar-refractivity contribution in [2.24, 2.45) is 5.41 Å². The van der Waals surface area contributed by atoms with E-state index in [-0.39, 0.29) is 35.6 Å². The summed E-state index contributed by atoms with van der Waals surface area (Å²) in [7, 11) is 1.68. The zero-order valence-corrected chi connectivity index (χ0v) is 11.1. The molecule has 0 aromatic carbocycles. The van der Waals surface area contributed by atoms with Gasteiger partial charge in [0.1, 0.15) is 6.23 Å². The lowest BCUT2D eigenvalue weighted by Gasteiger charge is -2.41. The van der Waals surface area contributed by atoms with Crippen molar-refractivity contribution in [1.82, 2.24) is 10.6 Å². The molecule has 4 nitrogen and oxygen atoms in total. The van der Waals surface area contributed by atoms with E-state index in [1.165, 1.54) is 0 Å². The summed E-state index contributed by atoms with van der Waals surface area (Å²) in [5.41, 5.74) is -0.312. The van der Waals surface area contributed by atoms with Gasteiger partial charge in [0.2, 0.25) is 0 Å². The van der Waals surface area contributed by atoms with Gasteiger partial charge in [-0.25, -0.2) is 0 Å². The van der Waals surface area contributed by atoms with Gasteiger partial charge in [-0.3, -0.25) is 15.4 Å². The first-order valence-corrected chi connectivity index (χ1v) is 5.86. The van der Waals surface area contributed by atoms with E-state index in [1.807, 2.05) is 34.6 Å². The molecule has 1 rings (SSSR count). The molecule has 1 aliphatic heterocycles. The van der Waals surface area contributed by atoms with Crippen LogP contribution < -0.4 is 10.6 Å². The summed E-state index contributed by atoms with van der Waals surface area (Å²) in [5, 5.41) is 6.65. The highest BCUT2D eigenvalue weighted by molar-refractivity contribution is 5.89. The molecule has 0 aromatic rings. The number of methoxy groups -OCH3 is 1. The number of piperazine rings is 1. The maximum Gasteiger partial charge on any atom is 0.156 e. The van der Waals surface area contributed by atoms with Crippen LogP contribution in [0.1, 0.15) is 34.6 Å². The van der Waals surface area contributed by atoms with Crippen LogP contribution in [0.25, 0.3) is 0 Å². The molecule has 4 heteroatoms. The molecule has 1 fully saturated rings. The Balaban J connectivity index is 2.74. The maximum atomic E-state index is 12.2. The summed E-state index contributed by atoms with van der Waals surface area (Å²) >= 11 is 0. The third-order valence-corrected chi connectivity index (χ3v) is 3.10. The minimum atomic E-state index is -0.312. The molecule has 2 N–H and O–H groups in total. The van der Waals surface area contributed by atoms with Gasteiger partial charge in [0.05, 0.1) is 6.04 Å². The Hall–Kier alpha value is -0.450. The molecule has 1 heterocycles. The summed E-state index contributed by atoms with van der Waals surface area (Å²) < 4.78 is 5.30. The monoisotopic (exact) mass is 228 g/mol. The van der Waals surface area contributed by atoms with Crippen LogP contribution in [0.15, 0.2) is 0 Å². The molecule has 0 aromatic heterocycles. The van der Waals surface area contributed by atoms with Gasteiger partial charge in [-0.2, -0.15) is 0 Å². The number of carbonyl (C=O) groups excluding carboxylic acids is 1. The van der Waals surface area contributed by atoms with Gasteiger partial charge in [0.15, 0.2) is 5.78 Å².